The maximum Gasteiger partial charge on any atom is 0.320 e. The number of carboxylic acid groups (broad SMARTS) is 1. The number of aromatic nitrogens is 1. The highest BCUT2D eigenvalue weighted by Gasteiger charge is 2.28. The monoisotopic (exact) mass is 303 g/mol. The van der Waals surface area contributed by atoms with Crippen LogP contribution in [-0.2, 0) is 4.79 Å². The molecule has 1 fully saturated rings. The predicted octanol–water partition coefficient (Wildman–Crippen LogP) is 2.12. The third-order valence-electron chi connectivity index (χ3n) is 4.23. The van der Waals surface area contributed by atoms with Crippen molar-refractivity contribution in [2.24, 2.45) is 0 Å². The van der Waals surface area contributed by atoms with Crippen LogP contribution in [0, 0.1) is 6.92 Å². The fourth-order valence-electron chi connectivity index (χ4n) is 2.97. The first-order chi connectivity index (χ1) is 10.6. The van der Waals surface area contributed by atoms with Crippen molar-refractivity contribution in [1.82, 2.24) is 9.88 Å². The van der Waals surface area contributed by atoms with Crippen LogP contribution in [0.4, 0.5) is 6.01 Å². The van der Waals surface area contributed by atoms with E-state index < -0.39 is 12.0 Å². The van der Waals surface area contributed by atoms with E-state index in [1.807, 2.05) is 36.9 Å². The molecule has 1 aromatic carbocycles. The average molecular weight is 303 g/mol. The highest BCUT2D eigenvalue weighted by atomic mass is 16.4. The summed E-state index contributed by atoms with van der Waals surface area (Å²) in [4.78, 5) is 19.9. The summed E-state index contributed by atoms with van der Waals surface area (Å²) in [6.07, 6.45) is 0.623. The molecule has 6 nitrogen and oxygen atoms in total. The van der Waals surface area contributed by atoms with Gasteiger partial charge in [0.1, 0.15) is 11.6 Å². The summed E-state index contributed by atoms with van der Waals surface area (Å²) in [5.41, 5.74) is 2.82. The lowest BCUT2D eigenvalue weighted by molar-refractivity contribution is -0.143. The molecule has 1 atom stereocenters. The molecule has 0 spiro atoms. The molecule has 22 heavy (non-hydrogen) atoms. The molecule has 1 saturated heterocycles. The number of oxazole rings is 1. The minimum Gasteiger partial charge on any atom is -0.480 e. The number of aryl methyl sites for hydroxylation is 1. The highest BCUT2D eigenvalue weighted by molar-refractivity contribution is 5.75. The number of benzene rings is 1. The van der Waals surface area contributed by atoms with Crippen LogP contribution in [0.1, 0.15) is 18.9 Å². The van der Waals surface area contributed by atoms with Gasteiger partial charge in [0.2, 0.25) is 0 Å². The predicted molar refractivity (Wildman–Crippen MR) is 84.2 cm³/mol. The standard InChI is InChI=1S/C16H21N3O3/c1-3-13(15(20)21)18-6-8-19(9-7-18)16-17-12-10-11(2)4-5-14(12)22-16/h4-5,10,13H,3,6-9H2,1-2H3,(H,20,21)/t13-/m0/s1. The summed E-state index contributed by atoms with van der Waals surface area (Å²) in [7, 11) is 0. The number of fused-ring (bicyclic) bond motifs is 1. The van der Waals surface area contributed by atoms with Gasteiger partial charge >= 0.3 is 5.97 Å². The maximum atomic E-state index is 11.2. The van der Waals surface area contributed by atoms with Crippen molar-refractivity contribution >= 4 is 23.1 Å². The third kappa shape index (κ3) is 2.78. The lowest BCUT2D eigenvalue weighted by Crippen LogP contribution is -2.52. The number of rotatable bonds is 4. The van der Waals surface area contributed by atoms with Crippen molar-refractivity contribution < 1.29 is 14.3 Å². The van der Waals surface area contributed by atoms with Crippen LogP contribution in [-0.4, -0.2) is 53.2 Å². The van der Waals surface area contributed by atoms with Gasteiger partial charge in [-0.05, 0) is 31.0 Å². The lowest BCUT2D eigenvalue weighted by atomic mass is 10.1. The summed E-state index contributed by atoms with van der Waals surface area (Å²) in [5.74, 6) is -0.742. The Hall–Kier alpha value is -2.08. The molecule has 0 amide bonds. The SMILES string of the molecule is CC[C@@H](C(=O)O)N1CCN(c2nc3cc(C)ccc3o2)CC1. The molecule has 0 aliphatic carbocycles. The summed E-state index contributed by atoms with van der Waals surface area (Å²) in [6.45, 7) is 6.83. The van der Waals surface area contributed by atoms with Gasteiger partial charge in [0.05, 0.1) is 0 Å². The molecular formula is C16H21N3O3. The quantitative estimate of drug-likeness (QED) is 0.933. The van der Waals surface area contributed by atoms with Gasteiger partial charge in [-0.15, -0.1) is 0 Å². The summed E-state index contributed by atoms with van der Waals surface area (Å²) >= 11 is 0. The number of carbonyl (C=O) groups is 1. The molecule has 1 aliphatic heterocycles. The van der Waals surface area contributed by atoms with Crippen molar-refractivity contribution in [2.75, 3.05) is 31.1 Å². The first-order valence-electron chi connectivity index (χ1n) is 7.67. The van der Waals surface area contributed by atoms with Gasteiger partial charge in [-0.1, -0.05) is 13.0 Å². The van der Waals surface area contributed by atoms with E-state index in [-0.39, 0.29) is 0 Å². The summed E-state index contributed by atoms with van der Waals surface area (Å²) < 4.78 is 5.81. The third-order valence-corrected chi connectivity index (χ3v) is 4.23. The Morgan fingerprint density at radius 3 is 2.73 bits per heavy atom. The number of nitrogens with zero attached hydrogens (tertiary/aromatic N) is 3. The van der Waals surface area contributed by atoms with Crippen molar-refractivity contribution in [3.63, 3.8) is 0 Å². The van der Waals surface area contributed by atoms with Gasteiger partial charge in [-0.2, -0.15) is 4.98 Å². The first kappa shape index (κ1) is 14.8. The molecule has 1 N–H and O–H groups in total. The van der Waals surface area contributed by atoms with E-state index in [1.54, 1.807) is 0 Å². The van der Waals surface area contributed by atoms with Crippen molar-refractivity contribution in [1.29, 1.82) is 0 Å². The van der Waals surface area contributed by atoms with E-state index >= 15 is 0 Å². The molecule has 6 heteroatoms. The van der Waals surface area contributed by atoms with E-state index in [0.29, 0.717) is 25.5 Å². The number of hydrogen-bond acceptors (Lipinski definition) is 5. The van der Waals surface area contributed by atoms with Crippen molar-refractivity contribution in [3.05, 3.63) is 23.8 Å². The number of piperazine rings is 1. The van der Waals surface area contributed by atoms with Crippen LogP contribution >= 0.6 is 0 Å². The number of hydrogen-bond donors (Lipinski definition) is 1. The Kier molecular flexibility index (Phi) is 4.02. The minimum absolute atomic E-state index is 0.395. The number of carboxylic acids is 1. The second-order valence-corrected chi connectivity index (χ2v) is 5.75. The van der Waals surface area contributed by atoms with Gasteiger partial charge in [0.25, 0.3) is 6.01 Å². The van der Waals surface area contributed by atoms with Crippen LogP contribution in [0.15, 0.2) is 22.6 Å². The minimum atomic E-state index is -0.742. The van der Waals surface area contributed by atoms with E-state index in [9.17, 15) is 9.90 Å². The average Bonchev–Trinajstić information content (AvgIpc) is 2.91. The number of anilines is 1. The largest absolute Gasteiger partial charge is 0.480 e. The fraction of sp³-hybridized carbons (Fsp3) is 0.500. The normalized spacial score (nSPS) is 17.8. The topological polar surface area (TPSA) is 69.8 Å². The van der Waals surface area contributed by atoms with Gasteiger partial charge in [-0.3, -0.25) is 9.69 Å². The molecule has 1 aliphatic rings. The van der Waals surface area contributed by atoms with Crippen LogP contribution < -0.4 is 4.90 Å². The Labute approximate surface area is 129 Å². The van der Waals surface area contributed by atoms with E-state index in [1.165, 1.54) is 0 Å². The molecule has 118 valence electrons. The fourth-order valence-corrected chi connectivity index (χ4v) is 2.97. The first-order valence-corrected chi connectivity index (χ1v) is 7.67. The summed E-state index contributed by atoms with van der Waals surface area (Å²) in [5, 5.41) is 9.24. The Balaban J connectivity index is 1.71. The zero-order valence-corrected chi connectivity index (χ0v) is 13.0. The molecule has 2 heterocycles. The van der Waals surface area contributed by atoms with Crippen LogP contribution in [0.25, 0.3) is 11.1 Å². The zero-order chi connectivity index (χ0) is 15.7. The molecule has 3 rings (SSSR count). The Bertz CT molecular complexity index is 674. The smallest absolute Gasteiger partial charge is 0.320 e. The molecule has 0 unspecified atom stereocenters. The van der Waals surface area contributed by atoms with Gasteiger partial charge in [0.15, 0.2) is 5.58 Å². The zero-order valence-electron chi connectivity index (χ0n) is 13.0. The Morgan fingerprint density at radius 1 is 1.36 bits per heavy atom. The van der Waals surface area contributed by atoms with Gasteiger partial charge in [-0.25, -0.2) is 0 Å². The molecule has 0 radical (unpaired) electrons. The van der Waals surface area contributed by atoms with Gasteiger partial charge in [0, 0.05) is 26.2 Å². The van der Waals surface area contributed by atoms with Crippen molar-refractivity contribution in [2.45, 2.75) is 26.3 Å². The molecule has 2 aromatic rings. The van der Waals surface area contributed by atoms with Crippen LogP contribution in [0.3, 0.4) is 0 Å². The van der Waals surface area contributed by atoms with E-state index in [4.69, 9.17) is 4.42 Å². The second kappa shape index (κ2) is 5.96. The van der Waals surface area contributed by atoms with Crippen LogP contribution in [0.2, 0.25) is 0 Å². The Morgan fingerprint density at radius 2 is 2.09 bits per heavy atom. The van der Waals surface area contributed by atoms with E-state index in [0.717, 1.165) is 29.8 Å². The van der Waals surface area contributed by atoms with Crippen molar-refractivity contribution in [3.8, 4) is 0 Å². The van der Waals surface area contributed by atoms with Gasteiger partial charge < -0.3 is 14.4 Å². The molecule has 1 aromatic heterocycles. The highest BCUT2D eigenvalue weighted by Crippen LogP contribution is 2.24. The lowest BCUT2D eigenvalue weighted by Gasteiger charge is -2.36. The number of aliphatic carboxylic acids is 1. The van der Waals surface area contributed by atoms with E-state index in [2.05, 4.69) is 9.88 Å². The summed E-state index contributed by atoms with van der Waals surface area (Å²) in [6, 6.07) is 6.19. The molecular weight excluding hydrogens is 282 g/mol. The van der Waals surface area contributed by atoms with Crippen LogP contribution in [0.5, 0.6) is 0 Å². The second-order valence-electron chi connectivity index (χ2n) is 5.75. The molecule has 0 saturated carbocycles. The maximum absolute atomic E-state index is 11.2. The molecule has 0 bridgehead atoms.